The molecular formula is C29H31ClN4O4. The van der Waals surface area contributed by atoms with Crippen molar-refractivity contribution < 1.29 is 19.4 Å². The van der Waals surface area contributed by atoms with Crippen LogP contribution < -0.4 is 14.5 Å². The van der Waals surface area contributed by atoms with E-state index in [9.17, 15) is 9.59 Å². The van der Waals surface area contributed by atoms with Crippen LogP contribution in [0.1, 0.15) is 42.9 Å². The molecule has 1 atom stereocenters. The highest BCUT2D eigenvalue weighted by Gasteiger charge is 2.38. The fourth-order valence-electron chi connectivity index (χ4n) is 5.67. The van der Waals surface area contributed by atoms with Gasteiger partial charge in [0.15, 0.2) is 0 Å². The highest BCUT2D eigenvalue weighted by atomic mass is 35.5. The first-order valence-electron chi connectivity index (χ1n) is 12.9. The predicted molar refractivity (Wildman–Crippen MR) is 147 cm³/mol. The van der Waals surface area contributed by atoms with E-state index in [1.54, 1.807) is 48.6 Å². The van der Waals surface area contributed by atoms with Crippen molar-refractivity contribution in [3.8, 4) is 5.75 Å². The largest absolute Gasteiger partial charge is 0.511 e. The van der Waals surface area contributed by atoms with Gasteiger partial charge in [0.1, 0.15) is 5.75 Å². The zero-order chi connectivity index (χ0) is 26.6. The molecule has 198 valence electrons. The van der Waals surface area contributed by atoms with Crippen LogP contribution >= 0.6 is 11.6 Å². The van der Waals surface area contributed by atoms with E-state index in [0.717, 1.165) is 67.7 Å². The molecule has 38 heavy (non-hydrogen) atoms. The summed E-state index contributed by atoms with van der Waals surface area (Å²) in [4.78, 5) is 35.6. The van der Waals surface area contributed by atoms with Crippen molar-refractivity contribution in [2.75, 3.05) is 29.9 Å². The molecule has 2 amide bonds. The third-order valence-corrected chi connectivity index (χ3v) is 7.77. The van der Waals surface area contributed by atoms with E-state index in [-0.39, 0.29) is 23.9 Å². The molecule has 2 aliphatic rings. The Hall–Kier alpha value is -3.78. The number of aromatic nitrogens is 1. The van der Waals surface area contributed by atoms with E-state index in [4.69, 9.17) is 21.4 Å². The lowest BCUT2D eigenvalue weighted by molar-refractivity contribution is 0.126. The molecule has 2 heterocycles. The summed E-state index contributed by atoms with van der Waals surface area (Å²) in [6, 6.07) is 16.4. The third-order valence-electron chi connectivity index (χ3n) is 7.53. The monoisotopic (exact) mass is 534 g/mol. The fraction of sp³-hybridized carbons (Fsp3) is 0.345. The van der Waals surface area contributed by atoms with Gasteiger partial charge in [-0.25, -0.2) is 9.59 Å². The lowest BCUT2D eigenvalue weighted by atomic mass is 9.85. The highest BCUT2D eigenvalue weighted by molar-refractivity contribution is 6.30. The van der Waals surface area contributed by atoms with Crippen LogP contribution in [0.4, 0.5) is 21.0 Å². The van der Waals surface area contributed by atoms with Crippen molar-refractivity contribution in [3.05, 3.63) is 83.1 Å². The van der Waals surface area contributed by atoms with Crippen LogP contribution in [0.2, 0.25) is 5.02 Å². The quantitative estimate of drug-likeness (QED) is 0.301. The second-order valence-corrected chi connectivity index (χ2v) is 10.2. The number of amides is 2. The molecule has 2 aromatic carbocycles. The minimum absolute atomic E-state index is 0.0159. The standard InChI is InChI=1S/C29H31ClN4O4/c1-32(24-6-3-5-21(30)18-24)28(35)34(23-12-16-33(17-13-23)22-10-14-31-15-11-22)27-7-2-4-20-8-9-25(19-26(20)27)38-29(36)37/h3,5-6,8-11,14-15,18-19,23,27H,2,4,7,12-13,16-17H2,1H3,(H,36,37). The Morgan fingerprint density at radius 3 is 2.53 bits per heavy atom. The molecule has 1 aliphatic carbocycles. The van der Waals surface area contributed by atoms with E-state index >= 15 is 0 Å². The Morgan fingerprint density at radius 1 is 1.05 bits per heavy atom. The number of fused-ring (bicyclic) bond motifs is 1. The van der Waals surface area contributed by atoms with Crippen LogP contribution in [0, 0.1) is 0 Å². The molecular weight excluding hydrogens is 504 g/mol. The van der Waals surface area contributed by atoms with E-state index < -0.39 is 6.16 Å². The number of carboxylic acid groups (broad SMARTS) is 1. The van der Waals surface area contributed by atoms with E-state index in [1.807, 2.05) is 35.2 Å². The van der Waals surface area contributed by atoms with Crippen LogP contribution in [-0.2, 0) is 6.42 Å². The molecule has 5 rings (SSSR count). The first-order chi connectivity index (χ1) is 18.4. The third kappa shape index (κ3) is 5.55. The minimum atomic E-state index is -1.35. The van der Waals surface area contributed by atoms with Gasteiger partial charge in [-0.2, -0.15) is 0 Å². The number of carbonyl (C=O) groups excluding carboxylic acids is 1. The van der Waals surface area contributed by atoms with Crippen molar-refractivity contribution in [1.82, 2.24) is 9.88 Å². The van der Waals surface area contributed by atoms with E-state index in [2.05, 4.69) is 9.88 Å². The van der Waals surface area contributed by atoms with Gasteiger partial charge in [0.05, 0.1) is 6.04 Å². The number of halogens is 1. The Bertz CT molecular complexity index is 1300. The molecule has 0 radical (unpaired) electrons. The molecule has 1 fully saturated rings. The maximum atomic E-state index is 14.2. The van der Waals surface area contributed by atoms with Gasteiger partial charge in [-0.15, -0.1) is 0 Å². The van der Waals surface area contributed by atoms with Gasteiger partial charge < -0.3 is 19.6 Å². The lowest BCUT2D eigenvalue weighted by Crippen LogP contribution is -2.53. The molecule has 0 spiro atoms. The second-order valence-electron chi connectivity index (χ2n) is 9.79. The van der Waals surface area contributed by atoms with Gasteiger partial charge in [-0.1, -0.05) is 23.7 Å². The molecule has 1 aromatic heterocycles. The summed E-state index contributed by atoms with van der Waals surface area (Å²) in [5.41, 5.74) is 3.93. The Balaban J connectivity index is 1.47. The molecule has 9 heteroatoms. The first-order valence-corrected chi connectivity index (χ1v) is 13.3. The predicted octanol–water partition coefficient (Wildman–Crippen LogP) is 6.40. The number of piperidine rings is 1. The number of nitrogens with zero attached hydrogens (tertiary/aromatic N) is 4. The fourth-order valence-corrected chi connectivity index (χ4v) is 5.86. The van der Waals surface area contributed by atoms with E-state index in [0.29, 0.717) is 5.02 Å². The van der Waals surface area contributed by atoms with E-state index in [1.165, 1.54) is 0 Å². The number of hydrogen-bond donors (Lipinski definition) is 1. The van der Waals surface area contributed by atoms with Crippen molar-refractivity contribution in [2.45, 2.75) is 44.2 Å². The van der Waals surface area contributed by atoms with Gasteiger partial charge >= 0.3 is 12.2 Å². The average Bonchev–Trinajstić information content (AvgIpc) is 2.93. The lowest BCUT2D eigenvalue weighted by Gasteiger charge is -2.45. The van der Waals surface area contributed by atoms with Crippen LogP contribution in [-0.4, -0.2) is 53.4 Å². The summed E-state index contributed by atoms with van der Waals surface area (Å²) in [5.74, 6) is 0.270. The summed E-state index contributed by atoms with van der Waals surface area (Å²) in [5, 5.41) is 9.73. The molecule has 0 bridgehead atoms. The summed E-state index contributed by atoms with van der Waals surface area (Å²) in [6.07, 6.45) is 6.49. The maximum Gasteiger partial charge on any atom is 0.511 e. The molecule has 8 nitrogen and oxygen atoms in total. The number of benzene rings is 2. The van der Waals surface area contributed by atoms with Gasteiger partial charge in [-0.3, -0.25) is 9.88 Å². The van der Waals surface area contributed by atoms with Crippen LogP contribution in [0.5, 0.6) is 5.75 Å². The number of carbonyl (C=O) groups is 2. The Labute approximate surface area is 227 Å². The molecule has 1 N–H and O–H groups in total. The van der Waals surface area contributed by atoms with Crippen molar-refractivity contribution in [2.24, 2.45) is 0 Å². The SMILES string of the molecule is CN(C(=O)N(C1CCN(c2ccncc2)CC1)C1CCCc2ccc(OC(=O)O)cc21)c1cccc(Cl)c1. The van der Waals surface area contributed by atoms with Crippen molar-refractivity contribution in [3.63, 3.8) is 0 Å². The number of rotatable bonds is 5. The molecule has 3 aromatic rings. The number of aryl methyl sites for hydroxylation is 1. The zero-order valence-corrected chi connectivity index (χ0v) is 22.1. The van der Waals surface area contributed by atoms with Gasteiger partial charge in [0.2, 0.25) is 0 Å². The van der Waals surface area contributed by atoms with Crippen molar-refractivity contribution in [1.29, 1.82) is 0 Å². The van der Waals surface area contributed by atoms with Crippen LogP contribution in [0.25, 0.3) is 0 Å². The van der Waals surface area contributed by atoms with Crippen LogP contribution in [0.15, 0.2) is 67.0 Å². The molecule has 1 unspecified atom stereocenters. The number of pyridine rings is 1. The number of urea groups is 1. The normalized spacial score (nSPS) is 17.4. The van der Waals surface area contributed by atoms with Gasteiger partial charge in [-0.05, 0) is 85.7 Å². The van der Waals surface area contributed by atoms with Gasteiger partial charge in [0, 0.05) is 55.0 Å². The molecule has 1 saturated heterocycles. The van der Waals surface area contributed by atoms with Crippen molar-refractivity contribution >= 4 is 35.2 Å². The summed E-state index contributed by atoms with van der Waals surface area (Å²) in [6.45, 7) is 1.64. The number of hydrogen-bond acceptors (Lipinski definition) is 5. The summed E-state index contributed by atoms with van der Waals surface area (Å²) in [7, 11) is 1.78. The average molecular weight is 535 g/mol. The Kier molecular flexibility index (Phi) is 7.69. The topological polar surface area (TPSA) is 86.2 Å². The smallest absolute Gasteiger partial charge is 0.449 e. The van der Waals surface area contributed by atoms with Crippen LogP contribution in [0.3, 0.4) is 0 Å². The highest BCUT2D eigenvalue weighted by Crippen LogP contribution is 2.40. The summed E-state index contributed by atoms with van der Waals surface area (Å²) >= 11 is 6.25. The minimum Gasteiger partial charge on any atom is -0.449 e. The number of anilines is 2. The first kappa shape index (κ1) is 25.9. The molecule has 0 saturated carbocycles. The molecule has 1 aliphatic heterocycles. The van der Waals surface area contributed by atoms with Gasteiger partial charge in [0.25, 0.3) is 0 Å². The second kappa shape index (κ2) is 11.3. The summed E-state index contributed by atoms with van der Waals surface area (Å²) < 4.78 is 4.98. The zero-order valence-electron chi connectivity index (χ0n) is 21.3. The number of ether oxygens (including phenoxy) is 1. The maximum absolute atomic E-state index is 14.2. The Morgan fingerprint density at radius 2 is 1.82 bits per heavy atom.